The molecule has 0 aromatic rings. The van der Waals surface area contributed by atoms with E-state index in [2.05, 4.69) is 106 Å². The summed E-state index contributed by atoms with van der Waals surface area (Å²) in [5.74, 6) is -1.03. The fourth-order valence-corrected chi connectivity index (χ4v) is 9.90. The molecule has 466 valence electrons. The van der Waals surface area contributed by atoms with E-state index >= 15 is 0 Å². The second kappa shape index (κ2) is 68.8. The van der Waals surface area contributed by atoms with E-state index < -0.39 is 12.1 Å². The number of allylic oxidation sites excluding steroid dienone is 15. The zero-order valence-corrected chi connectivity index (χ0v) is 53.5. The zero-order valence-electron chi connectivity index (χ0n) is 53.5. The van der Waals surface area contributed by atoms with Gasteiger partial charge in [0.2, 0.25) is 0 Å². The van der Waals surface area contributed by atoms with E-state index in [4.69, 9.17) is 14.2 Å². The molecule has 0 spiro atoms. The number of ether oxygens (including phenoxy) is 3. The predicted molar refractivity (Wildman–Crippen MR) is 353 cm³/mol. The van der Waals surface area contributed by atoms with Crippen molar-refractivity contribution in [3.05, 3.63) is 97.2 Å². The molecule has 0 aliphatic rings. The molecule has 0 aliphatic heterocycles. The monoisotopic (exact) mass is 1130 g/mol. The Labute approximate surface area is 502 Å². The fraction of sp³-hybridized carbons (Fsp3) is 0.747. The molecule has 0 heterocycles. The Morgan fingerprint density at radius 2 is 0.531 bits per heavy atom. The van der Waals surface area contributed by atoms with Gasteiger partial charge < -0.3 is 14.2 Å². The highest BCUT2D eigenvalue weighted by molar-refractivity contribution is 5.72. The van der Waals surface area contributed by atoms with Crippen molar-refractivity contribution in [1.29, 1.82) is 0 Å². The molecular weight excluding hydrogens is 997 g/mol. The Morgan fingerprint density at radius 1 is 0.272 bits per heavy atom. The quantitative estimate of drug-likeness (QED) is 0.0261. The molecular formula is C75H130O6. The SMILES string of the molecule is CC/C=C\C/C=C\C/C=C\C/C=C\C/C=C\CC(=O)OCC(COC(=O)CCCCCCCCCCCCCCCCCCCCC/C=C\C/C=C\CCCCCCC)OC(=O)CCCCCCCCC/C=C\CCCCCCCC. The molecule has 0 N–H and O–H groups in total. The standard InChI is InChI=1S/C75H130O6/c1-4-7-10-13-16-19-22-25-28-30-31-32-33-34-35-36-37-38-39-40-41-42-43-45-47-50-53-56-59-62-65-68-74(77)80-71-72(70-79-73(76)67-64-61-58-55-52-49-46-27-24-21-18-15-12-9-6-3)81-75(78)69-66-63-60-57-54-51-48-44-29-26-23-20-17-14-11-8-5-2/h9,12,18,21-22,25-27,29-31,46,52,55,61,64,72H,4-8,10-11,13-17,19-20,23-24,28,32-45,47-51,53-54,56-60,62-63,65-71H2,1-3H3/b12-9-,21-18-,25-22-,29-26-,31-30-,46-27-,55-52-,64-61-. The van der Waals surface area contributed by atoms with Crippen molar-refractivity contribution in [1.82, 2.24) is 0 Å². The van der Waals surface area contributed by atoms with Gasteiger partial charge in [-0.05, 0) is 103 Å². The molecule has 0 fully saturated rings. The summed E-state index contributed by atoms with van der Waals surface area (Å²) in [5.41, 5.74) is 0. The topological polar surface area (TPSA) is 78.9 Å². The number of hydrogen-bond acceptors (Lipinski definition) is 6. The van der Waals surface area contributed by atoms with Crippen molar-refractivity contribution >= 4 is 17.9 Å². The Balaban J connectivity index is 4.26. The van der Waals surface area contributed by atoms with E-state index in [1.165, 1.54) is 225 Å². The lowest BCUT2D eigenvalue weighted by Gasteiger charge is -2.18. The van der Waals surface area contributed by atoms with Gasteiger partial charge in [-0.25, -0.2) is 0 Å². The highest BCUT2D eigenvalue weighted by Gasteiger charge is 2.19. The third-order valence-corrected chi connectivity index (χ3v) is 15.1. The first-order chi connectivity index (χ1) is 40.0. The number of rotatable bonds is 63. The maximum absolute atomic E-state index is 12.9. The number of hydrogen-bond donors (Lipinski definition) is 0. The zero-order chi connectivity index (χ0) is 58.5. The van der Waals surface area contributed by atoms with Gasteiger partial charge in [-0.1, -0.05) is 317 Å². The van der Waals surface area contributed by atoms with Gasteiger partial charge >= 0.3 is 17.9 Å². The summed E-state index contributed by atoms with van der Waals surface area (Å²) in [6.45, 7) is 6.46. The molecule has 0 rings (SSSR count). The number of carbonyl (C=O) groups excluding carboxylic acids is 3. The third-order valence-electron chi connectivity index (χ3n) is 15.1. The van der Waals surface area contributed by atoms with Gasteiger partial charge in [0.05, 0.1) is 6.42 Å². The van der Waals surface area contributed by atoms with Crippen LogP contribution in [0.2, 0.25) is 0 Å². The van der Waals surface area contributed by atoms with E-state index in [9.17, 15) is 14.4 Å². The average molecular weight is 1130 g/mol. The lowest BCUT2D eigenvalue weighted by atomic mass is 10.0. The molecule has 0 aromatic carbocycles. The predicted octanol–water partition coefficient (Wildman–Crippen LogP) is 24.0. The van der Waals surface area contributed by atoms with Gasteiger partial charge in [-0.2, -0.15) is 0 Å². The van der Waals surface area contributed by atoms with Crippen LogP contribution in [0, 0.1) is 0 Å². The van der Waals surface area contributed by atoms with E-state index in [0.717, 1.165) is 77.0 Å². The van der Waals surface area contributed by atoms with Gasteiger partial charge in [-0.15, -0.1) is 0 Å². The van der Waals surface area contributed by atoms with Crippen molar-refractivity contribution in [2.45, 2.75) is 348 Å². The van der Waals surface area contributed by atoms with Crippen LogP contribution in [0.15, 0.2) is 97.2 Å². The van der Waals surface area contributed by atoms with Gasteiger partial charge in [0, 0.05) is 12.8 Å². The van der Waals surface area contributed by atoms with Gasteiger partial charge in [0.15, 0.2) is 6.10 Å². The Hall–Kier alpha value is -3.67. The molecule has 1 unspecified atom stereocenters. The number of esters is 3. The summed E-state index contributed by atoms with van der Waals surface area (Å²) in [4.78, 5) is 38.3. The number of carbonyl (C=O) groups is 3. The molecule has 6 heteroatoms. The minimum Gasteiger partial charge on any atom is -0.462 e. The molecule has 81 heavy (non-hydrogen) atoms. The Kier molecular flexibility index (Phi) is 65.7. The molecule has 0 amide bonds. The summed E-state index contributed by atoms with van der Waals surface area (Å²) in [7, 11) is 0. The molecule has 6 nitrogen and oxygen atoms in total. The van der Waals surface area contributed by atoms with Crippen LogP contribution in [0.5, 0.6) is 0 Å². The highest BCUT2D eigenvalue weighted by Crippen LogP contribution is 2.17. The second-order valence-electron chi connectivity index (χ2n) is 23.1. The van der Waals surface area contributed by atoms with Crippen LogP contribution in [0.1, 0.15) is 342 Å². The summed E-state index contributed by atoms with van der Waals surface area (Å²) in [6.07, 6.45) is 93.3. The van der Waals surface area contributed by atoms with Crippen LogP contribution in [0.25, 0.3) is 0 Å². The van der Waals surface area contributed by atoms with Crippen molar-refractivity contribution in [2.24, 2.45) is 0 Å². The van der Waals surface area contributed by atoms with Crippen molar-refractivity contribution in [3.63, 3.8) is 0 Å². The third kappa shape index (κ3) is 67.0. The second-order valence-corrected chi connectivity index (χ2v) is 23.1. The molecule has 0 radical (unpaired) electrons. The Morgan fingerprint density at radius 3 is 0.877 bits per heavy atom. The van der Waals surface area contributed by atoms with E-state index in [1.54, 1.807) is 6.08 Å². The normalized spacial score (nSPS) is 12.7. The van der Waals surface area contributed by atoms with Crippen LogP contribution in [0.4, 0.5) is 0 Å². The largest absolute Gasteiger partial charge is 0.462 e. The fourth-order valence-electron chi connectivity index (χ4n) is 9.90. The van der Waals surface area contributed by atoms with Crippen LogP contribution in [-0.2, 0) is 28.6 Å². The molecule has 0 saturated heterocycles. The van der Waals surface area contributed by atoms with Crippen LogP contribution in [0.3, 0.4) is 0 Å². The minimum atomic E-state index is -0.820. The first-order valence-corrected chi connectivity index (χ1v) is 34.7. The van der Waals surface area contributed by atoms with Crippen molar-refractivity contribution in [3.8, 4) is 0 Å². The molecule has 0 aliphatic carbocycles. The van der Waals surface area contributed by atoms with Gasteiger partial charge in [-0.3, -0.25) is 14.4 Å². The average Bonchev–Trinajstić information content (AvgIpc) is 3.47. The van der Waals surface area contributed by atoms with Crippen LogP contribution < -0.4 is 0 Å². The van der Waals surface area contributed by atoms with Gasteiger partial charge in [0.1, 0.15) is 13.2 Å². The first-order valence-electron chi connectivity index (χ1n) is 34.7. The summed E-state index contributed by atoms with van der Waals surface area (Å²) >= 11 is 0. The smallest absolute Gasteiger partial charge is 0.309 e. The maximum Gasteiger partial charge on any atom is 0.309 e. The summed E-state index contributed by atoms with van der Waals surface area (Å²) < 4.78 is 16.8. The van der Waals surface area contributed by atoms with E-state index in [1.807, 2.05) is 6.08 Å². The van der Waals surface area contributed by atoms with E-state index in [-0.39, 0.29) is 31.6 Å². The van der Waals surface area contributed by atoms with Crippen molar-refractivity contribution in [2.75, 3.05) is 13.2 Å². The minimum absolute atomic E-state index is 0.107. The highest BCUT2D eigenvalue weighted by atomic mass is 16.6. The first kappa shape index (κ1) is 77.3. The molecule has 0 aromatic heterocycles. The number of unbranched alkanes of at least 4 members (excludes halogenated alkanes) is 37. The van der Waals surface area contributed by atoms with Gasteiger partial charge in [0.25, 0.3) is 0 Å². The van der Waals surface area contributed by atoms with Crippen molar-refractivity contribution < 1.29 is 28.6 Å². The molecule has 0 saturated carbocycles. The Bertz CT molecular complexity index is 1580. The van der Waals surface area contributed by atoms with E-state index in [0.29, 0.717) is 12.8 Å². The van der Waals surface area contributed by atoms with Crippen LogP contribution in [-0.4, -0.2) is 37.2 Å². The summed E-state index contributed by atoms with van der Waals surface area (Å²) in [5, 5.41) is 0. The maximum atomic E-state index is 12.9. The lowest BCUT2D eigenvalue weighted by molar-refractivity contribution is -0.166. The molecule has 0 bridgehead atoms. The summed E-state index contributed by atoms with van der Waals surface area (Å²) in [6, 6.07) is 0. The lowest BCUT2D eigenvalue weighted by Crippen LogP contribution is -2.30. The molecule has 1 atom stereocenters. The van der Waals surface area contributed by atoms with Crippen LogP contribution >= 0.6 is 0 Å².